The summed E-state index contributed by atoms with van der Waals surface area (Å²) in [6.45, 7) is 4.50. The third-order valence-electron chi connectivity index (χ3n) is 4.30. The highest BCUT2D eigenvalue weighted by atomic mass is 16.2. The first-order valence-corrected chi connectivity index (χ1v) is 7.85. The highest BCUT2D eigenvalue weighted by molar-refractivity contribution is 5.92. The van der Waals surface area contributed by atoms with E-state index in [-0.39, 0.29) is 5.91 Å². The summed E-state index contributed by atoms with van der Waals surface area (Å²) in [5.41, 5.74) is 0.414. The Hall–Kier alpha value is -2.18. The zero-order chi connectivity index (χ0) is 15.4. The number of amides is 2. The lowest BCUT2D eigenvalue weighted by Gasteiger charge is -2.33. The average Bonchev–Trinajstić information content (AvgIpc) is 2.62. The Morgan fingerprint density at radius 2 is 1.68 bits per heavy atom. The molecule has 118 valence electrons. The van der Waals surface area contributed by atoms with Gasteiger partial charge in [-0.15, -0.1) is 10.2 Å². The van der Waals surface area contributed by atoms with Gasteiger partial charge in [-0.2, -0.15) is 0 Å². The molecule has 2 fully saturated rings. The molecule has 0 spiro atoms. The van der Waals surface area contributed by atoms with Crippen molar-refractivity contribution in [1.29, 1.82) is 0 Å². The monoisotopic (exact) mass is 303 g/mol. The third kappa shape index (κ3) is 3.18. The predicted octanol–water partition coefficient (Wildman–Crippen LogP) is 0.381. The van der Waals surface area contributed by atoms with Gasteiger partial charge in [-0.3, -0.25) is 9.59 Å². The number of nitrogens with zero attached hydrogens (tertiary/aromatic N) is 5. The minimum atomic E-state index is -0.0236. The van der Waals surface area contributed by atoms with Crippen LogP contribution in [0.5, 0.6) is 0 Å². The van der Waals surface area contributed by atoms with Crippen LogP contribution in [0.15, 0.2) is 12.1 Å². The van der Waals surface area contributed by atoms with E-state index in [9.17, 15) is 9.59 Å². The largest absolute Gasteiger partial charge is 0.352 e. The number of piperazine rings is 1. The lowest BCUT2D eigenvalue weighted by molar-refractivity contribution is -0.118. The number of rotatable bonds is 3. The Morgan fingerprint density at radius 1 is 0.955 bits per heavy atom. The highest BCUT2D eigenvalue weighted by Crippen LogP contribution is 2.15. The van der Waals surface area contributed by atoms with Crippen LogP contribution >= 0.6 is 0 Å². The molecule has 0 N–H and O–H groups in total. The molecular formula is C15H21N5O2. The molecule has 0 aliphatic carbocycles. The fourth-order valence-electron chi connectivity index (χ4n) is 2.92. The Labute approximate surface area is 129 Å². The second-order valence-electron chi connectivity index (χ2n) is 5.76. The van der Waals surface area contributed by atoms with E-state index < -0.39 is 0 Å². The molecule has 0 saturated carbocycles. The van der Waals surface area contributed by atoms with E-state index in [1.54, 1.807) is 11.0 Å². The summed E-state index contributed by atoms with van der Waals surface area (Å²) in [7, 11) is 0. The van der Waals surface area contributed by atoms with Crippen LogP contribution in [0.1, 0.15) is 29.8 Å². The molecule has 3 heterocycles. The number of piperidine rings is 1. The van der Waals surface area contributed by atoms with E-state index in [0.29, 0.717) is 18.8 Å². The summed E-state index contributed by atoms with van der Waals surface area (Å²) in [5, 5.41) is 8.29. The van der Waals surface area contributed by atoms with E-state index >= 15 is 0 Å². The van der Waals surface area contributed by atoms with Crippen molar-refractivity contribution in [3.63, 3.8) is 0 Å². The van der Waals surface area contributed by atoms with Crippen LogP contribution < -0.4 is 4.90 Å². The molecule has 2 aliphatic rings. The van der Waals surface area contributed by atoms with Gasteiger partial charge in [-0.1, -0.05) is 0 Å². The predicted molar refractivity (Wildman–Crippen MR) is 81.6 cm³/mol. The van der Waals surface area contributed by atoms with E-state index in [2.05, 4.69) is 15.1 Å². The average molecular weight is 303 g/mol. The number of carbonyl (C=O) groups excluding carboxylic acids is 2. The summed E-state index contributed by atoms with van der Waals surface area (Å²) in [4.78, 5) is 28.7. The van der Waals surface area contributed by atoms with Crippen molar-refractivity contribution >= 4 is 18.1 Å². The molecule has 3 rings (SSSR count). The van der Waals surface area contributed by atoms with Gasteiger partial charge in [0.15, 0.2) is 11.5 Å². The van der Waals surface area contributed by atoms with Crippen LogP contribution in [0.25, 0.3) is 0 Å². The molecule has 0 radical (unpaired) electrons. The fraction of sp³-hybridized carbons (Fsp3) is 0.600. The number of aromatic nitrogens is 2. The van der Waals surface area contributed by atoms with Gasteiger partial charge in [-0.05, 0) is 31.4 Å². The van der Waals surface area contributed by atoms with Crippen molar-refractivity contribution in [2.24, 2.45) is 0 Å². The van der Waals surface area contributed by atoms with Gasteiger partial charge in [0, 0.05) is 39.3 Å². The molecule has 2 amide bonds. The van der Waals surface area contributed by atoms with Gasteiger partial charge in [0.1, 0.15) is 0 Å². The summed E-state index contributed by atoms with van der Waals surface area (Å²) in [6.07, 6.45) is 4.21. The molecule has 7 heteroatoms. The van der Waals surface area contributed by atoms with Crippen molar-refractivity contribution in [2.45, 2.75) is 19.3 Å². The van der Waals surface area contributed by atoms with Crippen LogP contribution in [0, 0.1) is 0 Å². The molecule has 2 saturated heterocycles. The SMILES string of the molecule is O=CN1CCN(c2ccc(C(=O)N3CCCCC3)nn2)CC1. The van der Waals surface area contributed by atoms with Gasteiger partial charge < -0.3 is 14.7 Å². The number of hydrogen-bond donors (Lipinski definition) is 0. The van der Waals surface area contributed by atoms with Crippen LogP contribution in [0.4, 0.5) is 5.82 Å². The number of anilines is 1. The number of hydrogen-bond acceptors (Lipinski definition) is 5. The minimum Gasteiger partial charge on any atom is -0.352 e. The lowest BCUT2D eigenvalue weighted by atomic mass is 10.1. The second kappa shape index (κ2) is 6.72. The standard InChI is InChI=1S/C15H21N5O2/c21-12-18-8-10-19(11-9-18)14-5-4-13(16-17-14)15(22)20-6-2-1-3-7-20/h4-5,12H,1-3,6-11H2. The first-order chi connectivity index (χ1) is 10.8. The maximum absolute atomic E-state index is 12.3. The maximum Gasteiger partial charge on any atom is 0.274 e. The van der Waals surface area contributed by atoms with Crippen LogP contribution in [-0.2, 0) is 4.79 Å². The van der Waals surface area contributed by atoms with Gasteiger partial charge in [0.05, 0.1) is 0 Å². The van der Waals surface area contributed by atoms with Crippen LogP contribution in [0.2, 0.25) is 0 Å². The molecular weight excluding hydrogens is 282 g/mol. The number of carbonyl (C=O) groups is 2. The Balaban J connectivity index is 1.62. The normalized spacial score (nSPS) is 19.2. The van der Waals surface area contributed by atoms with E-state index in [1.165, 1.54) is 6.42 Å². The van der Waals surface area contributed by atoms with E-state index in [0.717, 1.165) is 51.2 Å². The summed E-state index contributed by atoms with van der Waals surface area (Å²) in [6, 6.07) is 3.60. The summed E-state index contributed by atoms with van der Waals surface area (Å²) < 4.78 is 0. The number of likely N-dealkylation sites (tertiary alicyclic amines) is 1. The summed E-state index contributed by atoms with van der Waals surface area (Å²) >= 11 is 0. The molecule has 0 bridgehead atoms. The Morgan fingerprint density at radius 3 is 2.27 bits per heavy atom. The highest BCUT2D eigenvalue weighted by Gasteiger charge is 2.21. The zero-order valence-corrected chi connectivity index (χ0v) is 12.6. The van der Waals surface area contributed by atoms with Gasteiger partial charge in [-0.25, -0.2) is 0 Å². The molecule has 1 aromatic heterocycles. The first-order valence-electron chi connectivity index (χ1n) is 7.85. The molecule has 0 unspecified atom stereocenters. The molecule has 2 aliphatic heterocycles. The fourth-order valence-corrected chi connectivity index (χ4v) is 2.92. The maximum atomic E-state index is 12.3. The Kier molecular flexibility index (Phi) is 4.50. The topological polar surface area (TPSA) is 69.6 Å². The van der Waals surface area contributed by atoms with Gasteiger partial charge in [0.2, 0.25) is 6.41 Å². The smallest absolute Gasteiger partial charge is 0.274 e. The van der Waals surface area contributed by atoms with Crippen LogP contribution in [0.3, 0.4) is 0 Å². The molecule has 1 aromatic rings. The molecule has 0 aromatic carbocycles. The van der Waals surface area contributed by atoms with Gasteiger partial charge in [0.25, 0.3) is 5.91 Å². The van der Waals surface area contributed by atoms with Crippen molar-refractivity contribution in [2.75, 3.05) is 44.2 Å². The quantitative estimate of drug-likeness (QED) is 0.755. The van der Waals surface area contributed by atoms with Crippen molar-refractivity contribution < 1.29 is 9.59 Å². The van der Waals surface area contributed by atoms with E-state index in [1.807, 2.05) is 11.0 Å². The van der Waals surface area contributed by atoms with Crippen molar-refractivity contribution in [3.05, 3.63) is 17.8 Å². The van der Waals surface area contributed by atoms with Crippen molar-refractivity contribution in [1.82, 2.24) is 20.0 Å². The molecule has 0 atom stereocenters. The molecule has 7 nitrogen and oxygen atoms in total. The minimum absolute atomic E-state index is 0.0236. The summed E-state index contributed by atoms with van der Waals surface area (Å²) in [5.74, 6) is 0.741. The third-order valence-corrected chi connectivity index (χ3v) is 4.30. The van der Waals surface area contributed by atoms with Crippen LogP contribution in [-0.4, -0.2) is 71.6 Å². The van der Waals surface area contributed by atoms with Gasteiger partial charge >= 0.3 is 0 Å². The van der Waals surface area contributed by atoms with E-state index in [4.69, 9.17) is 0 Å². The molecule has 22 heavy (non-hydrogen) atoms. The zero-order valence-electron chi connectivity index (χ0n) is 12.6. The second-order valence-corrected chi connectivity index (χ2v) is 5.76. The van der Waals surface area contributed by atoms with Crippen molar-refractivity contribution in [3.8, 4) is 0 Å². The first kappa shape index (κ1) is 14.7. The lowest BCUT2D eigenvalue weighted by Crippen LogP contribution is -2.46. The Bertz CT molecular complexity index is 519.